The molecule has 3 rings (SSSR count). The van der Waals surface area contributed by atoms with Crippen LogP contribution in [0.15, 0.2) is 30.3 Å². The highest BCUT2D eigenvalue weighted by atomic mass is 16.5. The van der Waals surface area contributed by atoms with Gasteiger partial charge in [0.1, 0.15) is 0 Å². The Hall–Kier alpha value is -1.63. The number of allylic oxidation sites excluding steroid dienone is 1. The minimum absolute atomic E-state index is 0.117. The van der Waals surface area contributed by atoms with Crippen LogP contribution in [0.25, 0.3) is 5.57 Å². The van der Waals surface area contributed by atoms with Gasteiger partial charge in [-0.3, -0.25) is 0 Å². The first-order chi connectivity index (χ1) is 10.5. The molecule has 0 heterocycles. The standard InChI is InChI=1S/C19H23NO2/c1-18(2)17(11-22-4)16-9-13(10-21-3)14-7-5-6-8-15(14)19(16,18)12-20/h5-9,16-17H,10-11H2,1-4H3/t16-,17-,19-/m0/s1. The number of methoxy groups -OCH3 is 2. The van der Waals surface area contributed by atoms with E-state index in [4.69, 9.17) is 9.47 Å². The molecule has 3 nitrogen and oxygen atoms in total. The third kappa shape index (κ3) is 1.68. The SMILES string of the molecule is COCC1=C[C@H]2[C@H](COC)C(C)(C)[C@@]2(C#N)c2ccccc21. The van der Waals surface area contributed by atoms with Crippen molar-refractivity contribution >= 4 is 5.57 Å². The predicted octanol–water partition coefficient (Wildman–Crippen LogP) is 3.41. The van der Waals surface area contributed by atoms with Gasteiger partial charge in [-0.2, -0.15) is 5.26 Å². The average Bonchev–Trinajstić information content (AvgIpc) is 2.52. The topological polar surface area (TPSA) is 42.2 Å². The molecule has 0 aliphatic heterocycles. The Labute approximate surface area is 132 Å². The summed E-state index contributed by atoms with van der Waals surface area (Å²) in [5.74, 6) is 0.532. The van der Waals surface area contributed by atoms with Crippen LogP contribution in [0, 0.1) is 28.6 Å². The molecule has 0 spiro atoms. The van der Waals surface area contributed by atoms with Gasteiger partial charge in [0.2, 0.25) is 0 Å². The lowest BCUT2D eigenvalue weighted by atomic mass is 9.36. The zero-order chi connectivity index (χ0) is 16.0. The summed E-state index contributed by atoms with van der Waals surface area (Å²) in [4.78, 5) is 0. The zero-order valence-corrected chi connectivity index (χ0v) is 13.7. The predicted molar refractivity (Wildman–Crippen MR) is 86.2 cm³/mol. The van der Waals surface area contributed by atoms with E-state index in [0.717, 1.165) is 11.1 Å². The Morgan fingerprint density at radius 3 is 2.55 bits per heavy atom. The molecule has 2 aliphatic rings. The largest absolute Gasteiger partial charge is 0.384 e. The fourth-order valence-corrected chi connectivity index (χ4v) is 4.61. The van der Waals surface area contributed by atoms with Crippen molar-refractivity contribution < 1.29 is 9.47 Å². The van der Waals surface area contributed by atoms with E-state index in [1.54, 1.807) is 14.2 Å². The Kier molecular flexibility index (Phi) is 3.63. The Balaban J connectivity index is 2.19. The van der Waals surface area contributed by atoms with E-state index in [9.17, 15) is 5.26 Å². The number of fused-ring (bicyclic) bond motifs is 3. The van der Waals surface area contributed by atoms with Gasteiger partial charge in [0.05, 0.1) is 24.7 Å². The van der Waals surface area contributed by atoms with Crippen LogP contribution < -0.4 is 0 Å². The first-order valence-electron chi connectivity index (χ1n) is 7.74. The Morgan fingerprint density at radius 2 is 1.91 bits per heavy atom. The quantitative estimate of drug-likeness (QED) is 0.855. The number of nitrogens with zero attached hydrogens (tertiary/aromatic N) is 1. The monoisotopic (exact) mass is 297 g/mol. The van der Waals surface area contributed by atoms with Crippen LogP contribution in [0.5, 0.6) is 0 Å². The van der Waals surface area contributed by atoms with Crippen molar-refractivity contribution in [3.05, 3.63) is 41.5 Å². The van der Waals surface area contributed by atoms with Crippen LogP contribution in [0.3, 0.4) is 0 Å². The first-order valence-corrected chi connectivity index (χ1v) is 7.74. The van der Waals surface area contributed by atoms with Crippen molar-refractivity contribution in [2.24, 2.45) is 17.3 Å². The summed E-state index contributed by atoms with van der Waals surface area (Å²) in [5, 5.41) is 10.1. The van der Waals surface area contributed by atoms with Gasteiger partial charge in [0.15, 0.2) is 0 Å². The molecule has 1 aromatic carbocycles. The molecule has 0 unspecified atom stereocenters. The van der Waals surface area contributed by atoms with Gasteiger partial charge in [0, 0.05) is 20.1 Å². The maximum atomic E-state index is 10.1. The molecule has 2 aliphatic carbocycles. The molecule has 1 saturated carbocycles. The maximum absolute atomic E-state index is 10.1. The minimum Gasteiger partial charge on any atom is -0.384 e. The maximum Gasteiger partial charge on any atom is 0.0948 e. The highest BCUT2D eigenvalue weighted by Gasteiger charge is 2.69. The molecule has 3 heteroatoms. The van der Waals surface area contributed by atoms with Crippen molar-refractivity contribution in [2.75, 3.05) is 27.4 Å². The average molecular weight is 297 g/mol. The second kappa shape index (κ2) is 5.22. The summed E-state index contributed by atoms with van der Waals surface area (Å²) in [6.45, 7) is 5.65. The van der Waals surface area contributed by atoms with E-state index in [1.165, 1.54) is 5.57 Å². The van der Waals surface area contributed by atoms with Crippen LogP contribution in [0.4, 0.5) is 0 Å². The first kappa shape index (κ1) is 15.3. The number of ether oxygens (including phenoxy) is 2. The molecule has 0 bridgehead atoms. The summed E-state index contributed by atoms with van der Waals surface area (Å²) in [7, 11) is 3.45. The number of nitriles is 1. The third-order valence-electron chi connectivity index (χ3n) is 5.78. The van der Waals surface area contributed by atoms with Crippen molar-refractivity contribution in [1.82, 2.24) is 0 Å². The molecule has 22 heavy (non-hydrogen) atoms. The molecular weight excluding hydrogens is 274 g/mol. The van der Waals surface area contributed by atoms with Gasteiger partial charge in [-0.15, -0.1) is 0 Å². The molecule has 116 valence electrons. The summed E-state index contributed by atoms with van der Waals surface area (Å²) in [5.41, 5.74) is 2.91. The highest BCUT2D eigenvalue weighted by molar-refractivity contribution is 5.76. The summed E-state index contributed by atoms with van der Waals surface area (Å²) in [6.07, 6.45) is 2.25. The Morgan fingerprint density at radius 1 is 1.18 bits per heavy atom. The minimum atomic E-state index is -0.468. The van der Waals surface area contributed by atoms with E-state index in [-0.39, 0.29) is 11.3 Å². The van der Waals surface area contributed by atoms with Gasteiger partial charge >= 0.3 is 0 Å². The number of hydrogen-bond donors (Lipinski definition) is 0. The molecule has 0 amide bonds. The molecule has 0 N–H and O–H groups in total. The molecule has 0 aromatic heterocycles. The summed E-state index contributed by atoms with van der Waals surface area (Å²) < 4.78 is 10.8. The zero-order valence-electron chi connectivity index (χ0n) is 13.7. The molecule has 1 fully saturated rings. The molecule has 0 radical (unpaired) electrons. The van der Waals surface area contributed by atoms with Crippen LogP contribution in [-0.4, -0.2) is 27.4 Å². The van der Waals surface area contributed by atoms with E-state index in [0.29, 0.717) is 19.1 Å². The normalized spacial score (nSPS) is 31.3. The number of rotatable bonds is 4. The second-order valence-corrected chi connectivity index (χ2v) is 6.90. The summed E-state index contributed by atoms with van der Waals surface area (Å²) in [6, 6.07) is 11.0. The van der Waals surface area contributed by atoms with Gasteiger partial charge in [-0.05, 0) is 28.0 Å². The number of benzene rings is 1. The van der Waals surface area contributed by atoms with E-state index in [1.807, 2.05) is 12.1 Å². The van der Waals surface area contributed by atoms with Crippen LogP contribution in [0.2, 0.25) is 0 Å². The smallest absolute Gasteiger partial charge is 0.0948 e. The van der Waals surface area contributed by atoms with E-state index < -0.39 is 5.41 Å². The van der Waals surface area contributed by atoms with Crippen LogP contribution >= 0.6 is 0 Å². The lowest BCUT2D eigenvalue weighted by Gasteiger charge is -2.65. The fraction of sp³-hybridized carbons (Fsp3) is 0.526. The van der Waals surface area contributed by atoms with Crippen molar-refractivity contribution in [2.45, 2.75) is 19.3 Å². The van der Waals surface area contributed by atoms with E-state index >= 15 is 0 Å². The third-order valence-corrected chi connectivity index (χ3v) is 5.78. The summed E-state index contributed by atoms with van der Waals surface area (Å²) >= 11 is 0. The Bertz CT molecular complexity index is 656. The molecule has 3 atom stereocenters. The van der Waals surface area contributed by atoms with Gasteiger partial charge in [-0.25, -0.2) is 0 Å². The number of hydrogen-bond acceptors (Lipinski definition) is 3. The second-order valence-electron chi connectivity index (χ2n) is 6.90. The van der Waals surface area contributed by atoms with Crippen molar-refractivity contribution in [3.63, 3.8) is 0 Å². The highest BCUT2D eigenvalue weighted by Crippen LogP contribution is 2.68. The van der Waals surface area contributed by atoms with Gasteiger partial charge in [-0.1, -0.05) is 44.2 Å². The van der Waals surface area contributed by atoms with Crippen molar-refractivity contribution in [1.29, 1.82) is 5.26 Å². The molecule has 0 saturated heterocycles. The molecular formula is C19H23NO2. The van der Waals surface area contributed by atoms with Gasteiger partial charge in [0.25, 0.3) is 0 Å². The van der Waals surface area contributed by atoms with Crippen molar-refractivity contribution in [3.8, 4) is 6.07 Å². The fourth-order valence-electron chi connectivity index (χ4n) is 4.61. The lowest BCUT2D eigenvalue weighted by molar-refractivity contribution is -0.105. The van der Waals surface area contributed by atoms with Crippen LogP contribution in [0.1, 0.15) is 25.0 Å². The lowest BCUT2D eigenvalue weighted by Crippen LogP contribution is -2.66. The molecule has 1 aromatic rings. The van der Waals surface area contributed by atoms with Crippen LogP contribution in [-0.2, 0) is 14.9 Å². The van der Waals surface area contributed by atoms with E-state index in [2.05, 4.69) is 38.1 Å². The van der Waals surface area contributed by atoms with Gasteiger partial charge < -0.3 is 9.47 Å².